The lowest BCUT2D eigenvalue weighted by Gasteiger charge is -2.15. The van der Waals surface area contributed by atoms with E-state index in [1.54, 1.807) is 14.2 Å². The van der Waals surface area contributed by atoms with E-state index in [1.165, 1.54) is 6.92 Å². The summed E-state index contributed by atoms with van der Waals surface area (Å²) >= 11 is 0. The lowest BCUT2D eigenvalue weighted by atomic mass is 10.2. The number of carbonyl (C=O) groups is 1. The van der Waals surface area contributed by atoms with E-state index in [-0.39, 0.29) is 12.2 Å². The molecule has 94 valence electrons. The van der Waals surface area contributed by atoms with Crippen LogP contribution in [0.4, 0.5) is 11.4 Å². The van der Waals surface area contributed by atoms with Crippen LogP contribution in [0.3, 0.4) is 0 Å². The second kappa shape index (κ2) is 6.88. The molecular weight excluding hydrogens is 220 g/mol. The van der Waals surface area contributed by atoms with Crippen molar-refractivity contribution in [1.29, 1.82) is 0 Å². The largest absolute Gasteiger partial charge is 0.380 e. The van der Waals surface area contributed by atoms with Crippen LogP contribution in [0.15, 0.2) is 24.3 Å². The molecule has 0 aliphatic heterocycles. The van der Waals surface area contributed by atoms with Crippen LogP contribution < -0.4 is 10.6 Å². The van der Waals surface area contributed by atoms with Crippen LogP contribution in [0.5, 0.6) is 0 Å². The zero-order valence-electron chi connectivity index (χ0n) is 10.3. The standard InChI is InChI=1S/C12H18N2O3/c1-9(15)14-11-6-4-5-10(7-11)13-8-12(16-2)17-3/h4-7,12-13H,8H2,1-3H3,(H,14,15). The zero-order chi connectivity index (χ0) is 12.7. The van der Waals surface area contributed by atoms with Gasteiger partial charge < -0.3 is 20.1 Å². The lowest BCUT2D eigenvalue weighted by molar-refractivity contribution is -0.114. The zero-order valence-corrected chi connectivity index (χ0v) is 10.3. The quantitative estimate of drug-likeness (QED) is 0.740. The Hall–Kier alpha value is -1.59. The number of hydrogen-bond acceptors (Lipinski definition) is 4. The highest BCUT2D eigenvalue weighted by Gasteiger charge is 2.04. The summed E-state index contributed by atoms with van der Waals surface area (Å²) in [5, 5.41) is 5.88. The molecule has 0 aliphatic carbocycles. The van der Waals surface area contributed by atoms with Gasteiger partial charge in [-0.25, -0.2) is 0 Å². The monoisotopic (exact) mass is 238 g/mol. The summed E-state index contributed by atoms with van der Waals surface area (Å²) in [7, 11) is 3.17. The molecule has 0 spiro atoms. The minimum absolute atomic E-state index is 0.0891. The molecule has 1 rings (SSSR count). The maximum atomic E-state index is 10.9. The smallest absolute Gasteiger partial charge is 0.221 e. The Kier molecular flexibility index (Phi) is 5.45. The molecule has 2 N–H and O–H groups in total. The number of ether oxygens (including phenoxy) is 2. The molecule has 1 aromatic carbocycles. The number of anilines is 2. The third-order valence-corrected chi connectivity index (χ3v) is 2.18. The Balaban J connectivity index is 2.56. The van der Waals surface area contributed by atoms with Crippen molar-refractivity contribution in [2.24, 2.45) is 0 Å². The van der Waals surface area contributed by atoms with Gasteiger partial charge >= 0.3 is 0 Å². The van der Waals surface area contributed by atoms with Gasteiger partial charge in [-0.15, -0.1) is 0 Å². The molecule has 0 bridgehead atoms. The summed E-state index contributed by atoms with van der Waals surface area (Å²) in [5.41, 5.74) is 1.66. The number of benzene rings is 1. The van der Waals surface area contributed by atoms with E-state index < -0.39 is 0 Å². The molecule has 5 heteroatoms. The molecule has 0 atom stereocenters. The molecule has 0 saturated heterocycles. The Bertz CT molecular complexity index is 365. The SMILES string of the molecule is COC(CNc1cccc(NC(C)=O)c1)OC. The van der Waals surface area contributed by atoms with Gasteiger partial charge in [-0.1, -0.05) is 6.07 Å². The normalized spacial score (nSPS) is 10.4. The van der Waals surface area contributed by atoms with E-state index >= 15 is 0 Å². The molecule has 5 nitrogen and oxygen atoms in total. The maximum absolute atomic E-state index is 10.9. The number of methoxy groups -OCH3 is 2. The van der Waals surface area contributed by atoms with Crippen molar-refractivity contribution >= 4 is 17.3 Å². The van der Waals surface area contributed by atoms with E-state index in [1.807, 2.05) is 24.3 Å². The van der Waals surface area contributed by atoms with Crippen LogP contribution in [0, 0.1) is 0 Å². The van der Waals surface area contributed by atoms with Gasteiger partial charge in [0.05, 0.1) is 6.54 Å². The van der Waals surface area contributed by atoms with Gasteiger partial charge in [0.1, 0.15) is 0 Å². The van der Waals surface area contributed by atoms with Crippen LogP contribution in [-0.4, -0.2) is 33.0 Å². The molecule has 0 aromatic heterocycles. The molecular formula is C12H18N2O3. The molecule has 0 unspecified atom stereocenters. The molecule has 0 saturated carbocycles. The number of rotatable bonds is 6. The van der Waals surface area contributed by atoms with Crippen molar-refractivity contribution in [2.45, 2.75) is 13.2 Å². The molecule has 0 radical (unpaired) electrons. The summed E-state index contributed by atoms with van der Waals surface area (Å²) in [4.78, 5) is 10.9. The first kappa shape index (κ1) is 13.5. The second-order valence-corrected chi connectivity index (χ2v) is 3.54. The summed E-state index contributed by atoms with van der Waals surface area (Å²) in [6.45, 7) is 2.02. The predicted octanol–water partition coefficient (Wildman–Crippen LogP) is 1.68. The van der Waals surface area contributed by atoms with E-state index in [0.29, 0.717) is 6.54 Å². The average Bonchev–Trinajstić information content (AvgIpc) is 2.30. The maximum Gasteiger partial charge on any atom is 0.221 e. The molecule has 1 amide bonds. The van der Waals surface area contributed by atoms with E-state index in [9.17, 15) is 4.79 Å². The van der Waals surface area contributed by atoms with Gasteiger partial charge in [0.25, 0.3) is 0 Å². The summed E-state index contributed by atoms with van der Waals surface area (Å²) in [6, 6.07) is 7.45. The Labute approximate surface area is 101 Å². The van der Waals surface area contributed by atoms with Gasteiger partial charge in [0, 0.05) is 32.5 Å². The van der Waals surface area contributed by atoms with Gasteiger partial charge in [-0.05, 0) is 18.2 Å². The molecule has 17 heavy (non-hydrogen) atoms. The second-order valence-electron chi connectivity index (χ2n) is 3.54. The third kappa shape index (κ3) is 4.84. The number of hydrogen-bond donors (Lipinski definition) is 2. The van der Waals surface area contributed by atoms with E-state index in [4.69, 9.17) is 9.47 Å². The topological polar surface area (TPSA) is 59.6 Å². The number of carbonyl (C=O) groups excluding carboxylic acids is 1. The van der Waals surface area contributed by atoms with Gasteiger partial charge in [0.15, 0.2) is 6.29 Å². The first-order valence-corrected chi connectivity index (χ1v) is 5.33. The van der Waals surface area contributed by atoms with Crippen molar-refractivity contribution in [3.8, 4) is 0 Å². The van der Waals surface area contributed by atoms with Gasteiger partial charge in [-0.3, -0.25) is 4.79 Å². The Morgan fingerprint density at radius 2 is 1.94 bits per heavy atom. The van der Waals surface area contributed by atoms with E-state index in [2.05, 4.69) is 10.6 Å². The average molecular weight is 238 g/mol. The van der Waals surface area contributed by atoms with Crippen LogP contribution in [-0.2, 0) is 14.3 Å². The number of nitrogens with one attached hydrogen (secondary N) is 2. The van der Waals surface area contributed by atoms with Crippen molar-refractivity contribution in [1.82, 2.24) is 0 Å². The highest BCUT2D eigenvalue weighted by atomic mass is 16.7. The summed E-state index contributed by atoms with van der Waals surface area (Å²) in [5.74, 6) is -0.0891. The third-order valence-electron chi connectivity index (χ3n) is 2.18. The van der Waals surface area contributed by atoms with Crippen LogP contribution in [0.1, 0.15) is 6.92 Å². The Morgan fingerprint density at radius 1 is 1.29 bits per heavy atom. The summed E-state index contributed by atoms with van der Waals surface area (Å²) < 4.78 is 10.1. The molecule has 0 aliphatic rings. The van der Waals surface area contributed by atoms with E-state index in [0.717, 1.165) is 11.4 Å². The van der Waals surface area contributed by atoms with Crippen molar-refractivity contribution in [2.75, 3.05) is 31.4 Å². The first-order chi connectivity index (χ1) is 8.15. The number of amides is 1. The van der Waals surface area contributed by atoms with Crippen molar-refractivity contribution in [3.63, 3.8) is 0 Å². The minimum atomic E-state index is -0.292. The summed E-state index contributed by atoms with van der Waals surface area (Å²) in [6.07, 6.45) is -0.292. The van der Waals surface area contributed by atoms with Crippen LogP contribution in [0.25, 0.3) is 0 Å². The van der Waals surface area contributed by atoms with Crippen molar-refractivity contribution in [3.05, 3.63) is 24.3 Å². The fourth-order valence-electron chi connectivity index (χ4n) is 1.37. The Morgan fingerprint density at radius 3 is 2.53 bits per heavy atom. The van der Waals surface area contributed by atoms with Crippen molar-refractivity contribution < 1.29 is 14.3 Å². The molecule has 0 fully saturated rings. The van der Waals surface area contributed by atoms with Crippen LogP contribution >= 0.6 is 0 Å². The lowest BCUT2D eigenvalue weighted by Crippen LogP contribution is -2.23. The highest BCUT2D eigenvalue weighted by Crippen LogP contribution is 2.15. The first-order valence-electron chi connectivity index (χ1n) is 5.33. The fourth-order valence-corrected chi connectivity index (χ4v) is 1.37. The fraction of sp³-hybridized carbons (Fsp3) is 0.417. The molecule has 0 heterocycles. The molecule has 1 aromatic rings. The minimum Gasteiger partial charge on any atom is -0.380 e. The van der Waals surface area contributed by atoms with Gasteiger partial charge in [0.2, 0.25) is 5.91 Å². The van der Waals surface area contributed by atoms with Gasteiger partial charge in [-0.2, -0.15) is 0 Å². The predicted molar refractivity (Wildman–Crippen MR) is 67.0 cm³/mol. The van der Waals surface area contributed by atoms with Crippen LogP contribution in [0.2, 0.25) is 0 Å². The highest BCUT2D eigenvalue weighted by molar-refractivity contribution is 5.89.